The maximum Gasteiger partial charge on any atom is 0.212 e. The van der Waals surface area contributed by atoms with Gasteiger partial charge >= 0.3 is 0 Å². The zero-order valence-corrected chi connectivity index (χ0v) is 10.3. The first-order chi connectivity index (χ1) is 7.49. The molecule has 6 heteroatoms. The number of rotatable bonds is 5. The van der Waals surface area contributed by atoms with E-state index in [4.69, 9.17) is 10.5 Å². The molecule has 1 saturated carbocycles. The van der Waals surface area contributed by atoms with Crippen molar-refractivity contribution in [2.45, 2.75) is 31.2 Å². The van der Waals surface area contributed by atoms with E-state index in [0.29, 0.717) is 19.8 Å². The van der Waals surface area contributed by atoms with Crippen molar-refractivity contribution in [1.29, 1.82) is 0 Å². The van der Waals surface area contributed by atoms with E-state index in [1.54, 1.807) is 0 Å². The second-order valence-corrected chi connectivity index (χ2v) is 6.90. The second-order valence-electron chi connectivity index (χ2n) is 5.05. The Kier molecular flexibility index (Phi) is 3.53. The van der Waals surface area contributed by atoms with Crippen LogP contribution in [-0.4, -0.2) is 39.5 Å². The third-order valence-corrected chi connectivity index (χ3v) is 4.97. The normalized spacial score (nSPS) is 28.9. The van der Waals surface area contributed by atoms with Gasteiger partial charge in [-0.2, -0.15) is 0 Å². The van der Waals surface area contributed by atoms with Gasteiger partial charge in [0.2, 0.25) is 10.0 Å². The van der Waals surface area contributed by atoms with Crippen LogP contribution in [0.15, 0.2) is 0 Å². The minimum atomic E-state index is -3.18. The van der Waals surface area contributed by atoms with Gasteiger partial charge in [-0.25, -0.2) is 13.1 Å². The van der Waals surface area contributed by atoms with Gasteiger partial charge in [0, 0.05) is 18.7 Å². The van der Waals surface area contributed by atoms with Gasteiger partial charge in [0.05, 0.1) is 12.4 Å². The van der Waals surface area contributed by atoms with Crippen LogP contribution in [0.5, 0.6) is 0 Å². The molecule has 5 nitrogen and oxygen atoms in total. The quantitative estimate of drug-likeness (QED) is 0.707. The zero-order valence-electron chi connectivity index (χ0n) is 9.44. The van der Waals surface area contributed by atoms with E-state index < -0.39 is 10.0 Å². The Balaban J connectivity index is 1.78. The van der Waals surface area contributed by atoms with Crippen LogP contribution in [0, 0.1) is 5.92 Å². The van der Waals surface area contributed by atoms with E-state index in [0.717, 1.165) is 25.7 Å². The lowest BCUT2D eigenvalue weighted by molar-refractivity contribution is 0.188. The average Bonchev–Trinajstić information content (AvgIpc) is 2.63. The maximum atomic E-state index is 11.8. The maximum absolute atomic E-state index is 11.8. The minimum Gasteiger partial charge on any atom is -0.381 e. The second kappa shape index (κ2) is 4.60. The Hall–Kier alpha value is -0.170. The van der Waals surface area contributed by atoms with E-state index in [1.165, 1.54) is 0 Å². The standard InChI is InChI=1S/C10H20N2O3S/c11-10(3-1-4-10)8-12-16(13,14)7-9-2-5-15-6-9/h9,12H,1-8,11H2. The van der Waals surface area contributed by atoms with Gasteiger partial charge in [-0.3, -0.25) is 0 Å². The molecule has 0 amide bonds. The van der Waals surface area contributed by atoms with Crippen LogP contribution in [0.2, 0.25) is 0 Å². The van der Waals surface area contributed by atoms with E-state index in [9.17, 15) is 8.42 Å². The number of ether oxygens (including phenoxy) is 1. The van der Waals surface area contributed by atoms with Crippen LogP contribution in [0.25, 0.3) is 0 Å². The van der Waals surface area contributed by atoms with Crippen molar-refractivity contribution in [1.82, 2.24) is 4.72 Å². The van der Waals surface area contributed by atoms with E-state index in [-0.39, 0.29) is 17.2 Å². The van der Waals surface area contributed by atoms with Crippen molar-refractivity contribution in [3.8, 4) is 0 Å². The van der Waals surface area contributed by atoms with E-state index in [2.05, 4.69) is 4.72 Å². The SMILES string of the molecule is NC1(CNS(=O)(=O)CC2CCOC2)CCC1. The number of nitrogens with two attached hydrogens (primary N) is 1. The van der Waals surface area contributed by atoms with E-state index in [1.807, 2.05) is 0 Å². The number of hydrogen-bond donors (Lipinski definition) is 2. The summed E-state index contributed by atoms with van der Waals surface area (Å²) in [5, 5.41) is 0. The Morgan fingerprint density at radius 2 is 2.19 bits per heavy atom. The molecule has 1 atom stereocenters. The fourth-order valence-electron chi connectivity index (χ4n) is 2.15. The van der Waals surface area contributed by atoms with Gasteiger partial charge in [-0.15, -0.1) is 0 Å². The summed E-state index contributed by atoms with van der Waals surface area (Å²) in [6.07, 6.45) is 3.79. The molecule has 1 aliphatic heterocycles. The molecule has 2 rings (SSSR count). The highest BCUT2D eigenvalue weighted by Gasteiger charge is 2.34. The first kappa shape index (κ1) is 12.3. The number of nitrogens with one attached hydrogen (secondary N) is 1. The molecule has 0 radical (unpaired) electrons. The molecule has 1 aliphatic carbocycles. The largest absolute Gasteiger partial charge is 0.381 e. The van der Waals surface area contributed by atoms with Crippen molar-refractivity contribution in [2.24, 2.45) is 11.7 Å². The van der Waals surface area contributed by atoms with Crippen molar-refractivity contribution in [3.05, 3.63) is 0 Å². The molecule has 1 heterocycles. The van der Waals surface area contributed by atoms with Crippen molar-refractivity contribution < 1.29 is 13.2 Å². The molecule has 0 spiro atoms. The summed E-state index contributed by atoms with van der Waals surface area (Å²) in [6, 6.07) is 0. The fraction of sp³-hybridized carbons (Fsp3) is 1.00. The van der Waals surface area contributed by atoms with Gasteiger partial charge in [-0.1, -0.05) is 0 Å². The predicted octanol–water partition coefficient (Wildman–Crippen LogP) is -0.176. The molecule has 0 aromatic carbocycles. The molecular formula is C10H20N2O3S. The lowest BCUT2D eigenvalue weighted by Gasteiger charge is -2.38. The van der Waals surface area contributed by atoms with E-state index >= 15 is 0 Å². The molecule has 2 aliphatic rings. The summed E-state index contributed by atoms with van der Waals surface area (Å²) in [4.78, 5) is 0. The van der Waals surface area contributed by atoms with Crippen LogP contribution in [0.3, 0.4) is 0 Å². The van der Waals surface area contributed by atoms with Gasteiger partial charge in [0.1, 0.15) is 0 Å². The third kappa shape index (κ3) is 3.16. The Morgan fingerprint density at radius 3 is 2.69 bits per heavy atom. The fourth-order valence-corrected chi connectivity index (χ4v) is 3.65. The molecule has 16 heavy (non-hydrogen) atoms. The molecule has 1 unspecified atom stereocenters. The topological polar surface area (TPSA) is 81.4 Å². The molecule has 0 bridgehead atoms. The average molecular weight is 248 g/mol. The van der Waals surface area contributed by atoms with Crippen molar-refractivity contribution in [3.63, 3.8) is 0 Å². The van der Waals surface area contributed by atoms with Gasteiger partial charge in [0.25, 0.3) is 0 Å². The summed E-state index contributed by atoms with van der Waals surface area (Å²) in [6.45, 7) is 1.62. The van der Waals surface area contributed by atoms with Crippen LogP contribution in [0.4, 0.5) is 0 Å². The first-order valence-electron chi connectivity index (χ1n) is 5.83. The minimum absolute atomic E-state index is 0.146. The summed E-state index contributed by atoms with van der Waals surface area (Å²) in [5.74, 6) is 0.316. The molecule has 94 valence electrons. The smallest absolute Gasteiger partial charge is 0.212 e. The van der Waals surface area contributed by atoms with Crippen molar-refractivity contribution in [2.75, 3.05) is 25.5 Å². The molecule has 0 aromatic rings. The van der Waals surface area contributed by atoms with Crippen molar-refractivity contribution >= 4 is 10.0 Å². The lowest BCUT2D eigenvalue weighted by Crippen LogP contribution is -2.55. The summed E-state index contributed by atoms with van der Waals surface area (Å²) in [5.41, 5.74) is 5.67. The van der Waals surface area contributed by atoms with Gasteiger partial charge in [0.15, 0.2) is 0 Å². The monoisotopic (exact) mass is 248 g/mol. The first-order valence-corrected chi connectivity index (χ1v) is 7.48. The Bertz CT molecular complexity index is 332. The molecule has 2 fully saturated rings. The molecule has 1 saturated heterocycles. The summed E-state index contributed by atoms with van der Waals surface area (Å²) in [7, 11) is -3.18. The number of sulfonamides is 1. The van der Waals surface area contributed by atoms with Crippen LogP contribution in [-0.2, 0) is 14.8 Å². The molecular weight excluding hydrogens is 228 g/mol. The molecule has 0 aromatic heterocycles. The number of hydrogen-bond acceptors (Lipinski definition) is 4. The van der Waals surface area contributed by atoms with Gasteiger partial charge < -0.3 is 10.5 Å². The highest BCUT2D eigenvalue weighted by atomic mass is 32.2. The Labute approximate surface area is 96.8 Å². The van der Waals surface area contributed by atoms with Crippen LogP contribution >= 0.6 is 0 Å². The van der Waals surface area contributed by atoms with Gasteiger partial charge in [-0.05, 0) is 31.6 Å². The van der Waals surface area contributed by atoms with Crippen LogP contribution in [0.1, 0.15) is 25.7 Å². The highest BCUT2D eigenvalue weighted by molar-refractivity contribution is 7.89. The van der Waals surface area contributed by atoms with Crippen LogP contribution < -0.4 is 10.5 Å². The Morgan fingerprint density at radius 1 is 1.44 bits per heavy atom. The summed E-state index contributed by atoms with van der Waals surface area (Å²) >= 11 is 0. The third-order valence-electron chi connectivity index (χ3n) is 3.47. The summed E-state index contributed by atoms with van der Waals surface area (Å²) < 4.78 is 31.3. The predicted molar refractivity (Wildman–Crippen MR) is 61.5 cm³/mol. The highest BCUT2D eigenvalue weighted by Crippen LogP contribution is 2.28. The lowest BCUT2D eigenvalue weighted by atomic mass is 9.78. The zero-order chi connectivity index (χ0) is 11.6. The molecule has 3 N–H and O–H groups in total.